The third kappa shape index (κ3) is 4.82. The molecule has 59 heavy (non-hydrogen) atoms. The van der Waals surface area contributed by atoms with Gasteiger partial charge >= 0.3 is 0 Å². The topological polar surface area (TPSA) is 32.1 Å². The van der Waals surface area contributed by atoms with Gasteiger partial charge in [0, 0.05) is 54.5 Å². The molecule has 0 atom stereocenters. The number of benzene rings is 8. The minimum atomic E-state index is 0.822. The number of fused-ring (bicyclic) bond motifs is 14. The monoisotopic (exact) mass is 755 g/mol. The first kappa shape index (κ1) is 33.3. The van der Waals surface area contributed by atoms with Crippen LogP contribution in [0.25, 0.3) is 104 Å². The fraction of sp³-hybridized carbons (Fsp3) is 0.0185. The molecular weight excluding hydrogens is 719 g/mol. The highest BCUT2D eigenvalue weighted by molar-refractivity contribution is 6.28. The summed E-state index contributed by atoms with van der Waals surface area (Å²) >= 11 is 0. The molecule has 0 unspecified atom stereocenters. The summed E-state index contributed by atoms with van der Waals surface area (Å²) in [6.45, 7) is 2.06. The summed E-state index contributed by atoms with van der Waals surface area (Å²) < 4.78 is 9.45. The summed E-state index contributed by atoms with van der Waals surface area (Å²) in [6, 6.07) is 65.4. The van der Waals surface area contributed by atoms with E-state index in [9.17, 15) is 0 Å². The first-order valence-corrected chi connectivity index (χ1v) is 20.2. The number of aliphatic imine (C=N–C) groups is 1. The van der Waals surface area contributed by atoms with Crippen molar-refractivity contribution in [2.75, 3.05) is 0 Å². The van der Waals surface area contributed by atoms with Crippen molar-refractivity contribution in [1.82, 2.24) is 18.3 Å². The van der Waals surface area contributed by atoms with Crippen molar-refractivity contribution in [3.8, 4) is 11.4 Å². The van der Waals surface area contributed by atoms with Gasteiger partial charge in [-0.1, -0.05) is 133 Å². The second-order valence-electron chi connectivity index (χ2n) is 15.1. The van der Waals surface area contributed by atoms with Crippen LogP contribution >= 0.6 is 0 Å². The van der Waals surface area contributed by atoms with Gasteiger partial charge < -0.3 is 9.13 Å². The molecule has 0 aliphatic carbocycles. The molecule has 12 rings (SSSR count). The van der Waals surface area contributed by atoms with Crippen LogP contribution in [0.2, 0.25) is 0 Å². The number of hydrogen-bond donors (Lipinski definition) is 0. The van der Waals surface area contributed by atoms with Gasteiger partial charge in [-0.15, -0.1) is 0 Å². The van der Waals surface area contributed by atoms with Gasteiger partial charge in [0.05, 0.1) is 44.1 Å². The molecule has 0 saturated carbocycles. The lowest BCUT2D eigenvalue weighted by molar-refractivity contribution is 1.16. The van der Waals surface area contributed by atoms with Gasteiger partial charge in [-0.3, -0.25) is 9.13 Å². The minimum absolute atomic E-state index is 0.822. The number of aromatic nitrogens is 4. The smallest absolute Gasteiger partial charge is 0.139 e. The first-order valence-electron chi connectivity index (χ1n) is 20.2. The Balaban J connectivity index is 1.18. The van der Waals surface area contributed by atoms with Crippen LogP contribution in [0.3, 0.4) is 0 Å². The molecule has 0 radical (unpaired) electrons. The van der Waals surface area contributed by atoms with E-state index >= 15 is 0 Å². The maximum Gasteiger partial charge on any atom is 0.139 e. The molecule has 5 heteroatoms. The van der Waals surface area contributed by atoms with E-state index in [1.54, 1.807) is 0 Å². The normalized spacial score (nSPS) is 12.8. The van der Waals surface area contributed by atoms with Crippen molar-refractivity contribution < 1.29 is 0 Å². The second-order valence-corrected chi connectivity index (χ2v) is 15.1. The van der Waals surface area contributed by atoms with Crippen molar-refractivity contribution in [3.63, 3.8) is 0 Å². The molecule has 0 N–H and O–H groups in total. The van der Waals surface area contributed by atoms with E-state index in [1.165, 1.54) is 54.1 Å². The third-order valence-corrected chi connectivity index (χ3v) is 12.0. The van der Waals surface area contributed by atoms with E-state index < -0.39 is 0 Å². The van der Waals surface area contributed by atoms with Gasteiger partial charge in [0.2, 0.25) is 0 Å². The Kier molecular flexibility index (Phi) is 7.38. The predicted octanol–water partition coefficient (Wildman–Crippen LogP) is 14.0. The van der Waals surface area contributed by atoms with Crippen LogP contribution in [-0.2, 0) is 0 Å². The fourth-order valence-electron chi connectivity index (χ4n) is 9.59. The van der Waals surface area contributed by atoms with E-state index in [4.69, 9.17) is 4.99 Å². The molecule has 0 fully saturated rings. The quantitative estimate of drug-likeness (QED) is 0.0920. The van der Waals surface area contributed by atoms with E-state index in [0.29, 0.717) is 0 Å². The first-order chi connectivity index (χ1) is 29.3. The molecule has 0 bridgehead atoms. The summed E-state index contributed by atoms with van der Waals surface area (Å²) in [6.07, 6.45) is 8.35. The molecule has 12 aromatic rings. The molecule has 4 heterocycles. The lowest BCUT2D eigenvalue weighted by Gasteiger charge is -2.11. The largest absolute Gasteiger partial charge is 0.309 e. The van der Waals surface area contributed by atoms with Crippen LogP contribution in [0.1, 0.15) is 6.92 Å². The number of nitrogens with zero attached hydrogens (tertiary/aromatic N) is 5. The van der Waals surface area contributed by atoms with Crippen LogP contribution in [0, 0.1) is 0 Å². The molecule has 8 aromatic carbocycles. The SMILES string of the molecule is C\C=C/C=C(\N=C\n1c2ccccc2c2ccc3c(c4ccccc4n3-c3ccccc3)c21)n1c2ccccc2c2ccc3c(c4ccccc4n3-c3ccccc3)c21. The summed E-state index contributed by atoms with van der Waals surface area (Å²) in [5.41, 5.74) is 11.4. The standard InChI is InChI=1S/C54H37N5/c1-2-3-30-50(59-45-27-15-11-23-39(45)41-32-34-49-52(54(41)59)43-25-13-17-29-47(43)58(49)37-20-8-5-9-21-37)55-35-56-44-26-14-10-22-38(44)40-31-33-48-51(53(40)56)42-24-12-16-28-46(42)57(48)36-18-6-4-7-19-36/h2-35H,1H3/b3-2-,50-30+,55-35+. The van der Waals surface area contributed by atoms with Gasteiger partial charge in [-0.25, -0.2) is 4.99 Å². The van der Waals surface area contributed by atoms with Crippen molar-refractivity contribution in [2.45, 2.75) is 6.92 Å². The maximum atomic E-state index is 5.55. The predicted molar refractivity (Wildman–Crippen MR) is 251 cm³/mol. The molecule has 5 nitrogen and oxygen atoms in total. The van der Waals surface area contributed by atoms with Gasteiger partial charge in [0.25, 0.3) is 0 Å². The molecule has 0 amide bonds. The van der Waals surface area contributed by atoms with Crippen LogP contribution in [0.4, 0.5) is 0 Å². The van der Waals surface area contributed by atoms with E-state index in [0.717, 1.165) is 50.3 Å². The molecule has 4 aromatic heterocycles. The Morgan fingerprint density at radius 3 is 1.44 bits per heavy atom. The van der Waals surface area contributed by atoms with E-state index in [-0.39, 0.29) is 0 Å². The zero-order valence-corrected chi connectivity index (χ0v) is 32.4. The maximum absolute atomic E-state index is 5.55. The van der Waals surface area contributed by atoms with Crippen LogP contribution in [0.5, 0.6) is 0 Å². The number of allylic oxidation sites excluding steroid dienone is 3. The van der Waals surface area contributed by atoms with Crippen molar-refractivity contribution >= 4 is 99.4 Å². The van der Waals surface area contributed by atoms with E-state index in [1.807, 2.05) is 6.34 Å². The van der Waals surface area contributed by atoms with Gasteiger partial charge in [-0.2, -0.15) is 0 Å². The number of rotatable bonds is 6. The molecule has 0 saturated heterocycles. The van der Waals surface area contributed by atoms with Gasteiger partial charge in [-0.05, 0) is 73.7 Å². The van der Waals surface area contributed by atoms with Gasteiger partial charge in [0.1, 0.15) is 12.2 Å². The number of para-hydroxylation sites is 6. The summed E-state index contributed by atoms with van der Waals surface area (Å²) in [7, 11) is 0. The van der Waals surface area contributed by atoms with Crippen LogP contribution in [0.15, 0.2) is 205 Å². The van der Waals surface area contributed by atoms with Crippen molar-refractivity contribution in [2.24, 2.45) is 4.99 Å². The van der Waals surface area contributed by atoms with Crippen molar-refractivity contribution in [1.29, 1.82) is 0 Å². The molecule has 0 aliphatic heterocycles. The molecular formula is C54H37N5. The Morgan fingerprint density at radius 2 is 0.864 bits per heavy atom. The lowest BCUT2D eigenvalue weighted by atomic mass is 10.1. The molecule has 0 aliphatic rings. The summed E-state index contributed by atoms with van der Waals surface area (Å²) in [5, 5.41) is 9.59. The average Bonchev–Trinajstić information content (AvgIpc) is 4.02. The van der Waals surface area contributed by atoms with Gasteiger partial charge in [0.15, 0.2) is 0 Å². The Labute approximate surface area is 339 Å². The lowest BCUT2D eigenvalue weighted by Crippen LogP contribution is -2.00. The minimum Gasteiger partial charge on any atom is -0.309 e. The van der Waals surface area contributed by atoms with Crippen molar-refractivity contribution in [3.05, 3.63) is 200 Å². The Morgan fingerprint density at radius 1 is 0.407 bits per heavy atom. The average molecular weight is 756 g/mol. The van der Waals surface area contributed by atoms with Crippen LogP contribution in [-0.4, -0.2) is 24.6 Å². The third-order valence-electron chi connectivity index (χ3n) is 12.0. The highest BCUT2D eigenvalue weighted by Gasteiger charge is 2.23. The van der Waals surface area contributed by atoms with Crippen LogP contribution < -0.4 is 0 Å². The Bertz CT molecular complexity index is 3720. The second kappa shape index (κ2) is 13.1. The Hall–Kier alpha value is -7.89. The molecule has 0 spiro atoms. The summed E-state index contributed by atoms with van der Waals surface area (Å²) in [5.74, 6) is 0.822. The van der Waals surface area contributed by atoms with E-state index in [2.05, 4.69) is 225 Å². The fourth-order valence-corrected chi connectivity index (χ4v) is 9.59. The highest BCUT2D eigenvalue weighted by Crippen LogP contribution is 2.43. The number of hydrogen-bond acceptors (Lipinski definition) is 1. The summed E-state index contributed by atoms with van der Waals surface area (Å²) in [4.78, 5) is 5.55. The zero-order chi connectivity index (χ0) is 39.0. The molecule has 278 valence electrons. The highest BCUT2D eigenvalue weighted by atomic mass is 15.1. The zero-order valence-electron chi connectivity index (χ0n) is 32.4.